The summed E-state index contributed by atoms with van der Waals surface area (Å²) in [6.45, 7) is 1.57. The monoisotopic (exact) mass is 285 g/mol. The first-order valence-electron chi connectivity index (χ1n) is 6.56. The molecule has 2 rings (SSSR count). The van der Waals surface area contributed by atoms with Crippen LogP contribution in [0.15, 0.2) is 48.5 Å². The first-order chi connectivity index (χ1) is 10.1. The zero-order chi connectivity index (χ0) is 15.2. The van der Waals surface area contributed by atoms with Crippen LogP contribution < -0.4 is 4.74 Å². The Labute approximate surface area is 122 Å². The van der Waals surface area contributed by atoms with Crippen molar-refractivity contribution in [2.75, 3.05) is 0 Å². The summed E-state index contributed by atoms with van der Waals surface area (Å²) in [5, 5.41) is 10.8. The number of ether oxygens (including phenoxy) is 1. The number of carbonyl (C=O) groups excluding carboxylic acids is 1. The third-order valence-corrected chi connectivity index (χ3v) is 3.14. The maximum absolute atomic E-state index is 11.8. The highest BCUT2D eigenvalue weighted by molar-refractivity contribution is 5.73. The summed E-state index contributed by atoms with van der Waals surface area (Å²) in [6, 6.07) is 14.0. The number of hydrogen-bond acceptors (Lipinski definition) is 4. The lowest BCUT2D eigenvalue weighted by atomic mass is 10.1. The van der Waals surface area contributed by atoms with E-state index in [4.69, 9.17) is 4.74 Å². The number of aryl methyl sites for hydroxylation is 1. The first-order valence-corrected chi connectivity index (χ1v) is 6.56. The SMILES string of the molecule is Cc1c(OC(=O)CCc2ccccc2)cccc1[N+](=O)[O-]. The van der Waals surface area contributed by atoms with E-state index >= 15 is 0 Å². The van der Waals surface area contributed by atoms with E-state index in [9.17, 15) is 14.9 Å². The van der Waals surface area contributed by atoms with Gasteiger partial charge in [0.15, 0.2) is 0 Å². The van der Waals surface area contributed by atoms with E-state index in [1.807, 2.05) is 30.3 Å². The Kier molecular flexibility index (Phi) is 4.66. The molecule has 5 nitrogen and oxygen atoms in total. The highest BCUT2D eigenvalue weighted by Crippen LogP contribution is 2.27. The lowest BCUT2D eigenvalue weighted by Crippen LogP contribution is -2.10. The fraction of sp³-hybridized carbons (Fsp3) is 0.188. The lowest BCUT2D eigenvalue weighted by Gasteiger charge is -2.07. The molecule has 0 N–H and O–H groups in total. The molecule has 0 heterocycles. The number of nitro benzene ring substituents is 1. The Morgan fingerprint density at radius 1 is 1.14 bits per heavy atom. The molecule has 0 saturated carbocycles. The molecule has 0 aliphatic rings. The first kappa shape index (κ1) is 14.7. The van der Waals surface area contributed by atoms with Gasteiger partial charge in [-0.2, -0.15) is 0 Å². The second-order valence-electron chi connectivity index (χ2n) is 4.62. The molecule has 2 aromatic rings. The number of nitrogens with zero attached hydrogens (tertiary/aromatic N) is 1. The van der Waals surface area contributed by atoms with Gasteiger partial charge in [-0.1, -0.05) is 36.4 Å². The predicted octanol–water partition coefficient (Wildman–Crippen LogP) is 3.44. The van der Waals surface area contributed by atoms with Crippen LogP contribution in [0.3, 0.4) is 0 Å². The van der Waals surface area contributed by atoms with Crippen LogP contribution in [0.4, 0.5) is 5.69 Å². The van der Waals surface area contributed by atoms with E-state index in [2.05, 4.69) is 0 Å². The van der Waals surface area contributed by atoms with Crippen LogP contribution in [0.25, 0.3) is 0 Å². The Balaban J connectivity index is 2.00. The molecule has 0 spiro atoms. The van der Waals surface area contributed by atoms with Crippen LogP contribution in [0.5, 0.6) is 5.75 Å². The van der Waals surface area contributed by atoms with Crippen LogP contribution in [-0.4, -0.2) is 10.9 Å². The van der Waals surface area contributed by atoms with Gasteiger partial charge in [-0.05, 0) is 25.0 Å². The van der Waals surface area contributed by atoms with Crippen LogP contribution in [0.1, 0.15) is 17.5 Å². The highest BCUT2D eigenvalue weighted by atomic mass is 16.6. The molecule has 0 saturated heterocycles. The van der Waals surface area contributed by atoms with Crippen LogP contribution in [-0.2, 0) is 11.2 Å². The Morgan fingerprint density at radius 2 is 1.86 bits per heavy atom. The van der Waals surface area contributed by atoms with Gasteiger partial charge in [-0.25, -0.2) is 0 Å². The average Bonchev–Trinajstić information content (AvgIpc) is 2.48. The maximum Gasteiger partial charge on any atom is 0.311 e. The van der Waals surface area contributed by atoms with E-state index in [0.717, 1.165) is 5.56 Å². The van der Waals surface area contributed by atoms with Gasteiger partial charge in [-0.15, -0.1) is 0 Å². The van der Waals surface area contributed by atoms with E-state index in [1.165, 1.54) is 12.1 Å². The highest BCUT2D eigenvalue weighted by Gasteiger charge is 2.16. The third kappa shape index (κ3) is 3.89. The van der Waals surface area contributed by atoms with Crippen LogP contribution in [0, 0.1) is 17.0 Å². The number of benzene rings is 2. The van der Waals surface area contributed by atoms with Gasteiger partial charge in [0, 0.05) is 12.5 Å². The van der Waals surface area contributed by atoms with Gasteiger partial charge in [0.25, 0.3) is 5.69 Å². The van der Waals surface area contributed by atoms with E-state index in [-0.39, 0.29) is 17.9 Å². The molecule has 5 heteroatoms. The van der Waals surface area contributed by atoms with Crippen LogP contribution in [0.2, 0.25) is 0 Å². The van der Waals surface area contributed by atoms with Crippen molar-refractivity contribution in [3.05, 3.63) is 69.8 Å². The second kappa shape index (κ2) is 6.65. The fourth-order valence-electron chi connectivity index (χ4n) is 1.98. The molecule has 108 valence electrons. The van der Waals surface area contributed by atoms with E-state index in [1.54, 1.807) is 13.0 Å². The molecule has 0 amide bonds. The standard InChI is InChI=1S/C16H15NO4/c1-12-14(17(19)20)8-5-9-15(12)21-16(18)11-10-13-6-3-2-4-7-13/h2-9H,10-11H2,1H3. The summed E-state index contributed by atoms with van der Waals surface area (Å²) in [5.74, 6) is -0.162. The van der Waals surface area contributed by atoms with Gasteiger partial charge in [0.1, 0.15) is 5.75 Å². The average molecular weight is 285 g/mol. The van der Waals surface area contributed by atoms with Crippen molar-refractivity contribution in [3.8, 4) is 5.75 Å². The number of rotatable bonds is 5. The van der Waals surface area contributed by atoms with Gasteiger partial charge in [0.05, 0.1) is 10.5 Å². The van der Waals surface area contributed by atoms with Crippen LogP contribution >= 0.6 is 0 Å². The van der Waals surface area contributed by atoms with Crippen molar-refractivity contribution < 1.29 is 14.5 Å². The van der Waals surface area contributed by atoms with Crippen molar-refractivity contribution in [1.82, 2.24) is 0 Å². The Bertz CT molecular complexity index is 653. The molecular formula is C16H15NO4. The van der Waals surface area contributed by atoms with Gasteiger partial charge in [0.2, 0.25) is 0 Å². The van der Waals surface area contributed by atoms with Gasteiger partial charge < -0.3 is 4.74 Å². The summed E-state index contributed by atoms with van der Waals surface area (Å²) in [4.78, 5) is 22.2. The minimum absolute atomic E-state index is 0.0524. The van der Waals surface area contributed by atoms with Crippen molar-refractivity contribution in [2.45, 2.75) is 19.8 Å². The summed E-state index contributed by atoms with van der Waals surface area (Å²) >= 11 is 0. The number of carbonyl (C=O) groups is 1. The molecule has 0 radical (unpaired) electrons. The molecule has 2 aromatic carbocycles. The molecule has 21 heavy (non-hydrogen) atoms. The molecule has 0 fully saturated rings. The molecule has 0 aliphatic carbocycles. The number of hydrogen-bond donors (Lipinski definition) is 0. The molecule has 0 aliphatic heterocycles. The van der Waals surface area contributed by atoms with Gasteiger partial charge in [-0.3, -0.25) is 14.9 Å². The molecule has 0 bridgehead atoms. The molecule has 0 aromatic heterocycles. The summed E-state index contributed by atoms with van der Waals surface area (Å²) < 4.78 is 5.21. The Hall–Kier alpha value is -2.69. The lowest BCUT2D eigenvalue weighted by molar-refractivity contribution is -0.385. The fourth-order valence-corrected chi connectivity index (χ4v) is 1.98. The second-order valence-corrected chi connectivity index (χ2v) is 4.62. The van der Waals surface area contributed by atoms with Gasteiger partial charge >= 0.3 is 5.97 Å². The van der Waals surface area contributed by atoms with Crippen molar-refractivity contribution in [1.29, 1.82) is 0 Å². The molecular weight excluding hydrogens is 270 g/mol. The summed E-state index contributed by atoms with van der Waals surface area (Å²) in [6.07, 6.45) is 0.805. The minimum Gasteiger partial charge on any atom is -0.426 e. The van der Waals surface area contributed by atoms with Crippen molar-refractivity contribution >= 4 is 11.7 Å². The minimum atomic E-state index is -0.489. The topological polar surface area (TPSA) is 69.4 Å². The third-order valence-electron chi connectivity index (χ3n) is 3.14. The Morgan fingerprint density at radius 3 is 2.52 bits per heavy atom. The normalized spacial score (nSPS) is 10.1. The zero-order valence-corrected chi connectivity index (χ0v) is 11.6. The summed E-state index contributed by atoms with van der Waals surface area (Å²) in [5.41, 5.74) is 1.35. The number of esters is 1. The number of nitro groups is 1. The quantitative estimate of drug-likeness (QED) is 0.365. The van der Waals surface area contributed by atoms with Crippen molar-refractivity contribution in [2.24, 2.45) is 0 Å². The summed E-state index contributed by atoms with van der Waals surface area (Å²) in [7, 11) is 0. The predicted molar refractivity (Wildman–Crippen MR) is 78.2 cm³/mol. The van der Waals surface area contributed by atoms with Crippen molar-refractivity contribution in [3.63, 3.8) is 0 Å². The van der Waals surface area contributed by atoms with E-state index < -0.39 is 10.9 Å². The molecule has 0 unspecified atom stereocenters. The zero-order valence-electron chi connectivity index (χ0n) is 11.6. The smallest absolute Gasteiger partial charge is 0.311 e. The molecule has 0 atom stereocenters. The maximum atomic E-state index is 11.8. The van der Waals surface area contributed by atoms with E-state index in [0.29, 0.717) is 12.0 Å². The largest absolute Gasteiger partial charge is 0.426 e.